The average Bonchev–Trinajstić information content (AvgIpc) is 3.24. The molecule has 25 heavy (non-hydrogen) atoms. The van der Waals surface area contributed by atoms with E-state index in [4.69, 9.17) is 4.74 Å². The molecule has 3 heterocycles. The molecule has 2 aromatic rings. The van der Waals surface area contributed by atoms with Crippen LogP contribution in [-0.4, -0.2) is 62.6 Å². The first kappa shape index (κ1) is 16.2. The highest BCUT2D eigenvalue weighted by molar-refractivity contribution is 5.95. The molecule has 2 aliphatic rings. The Kier molecular flexibility index (Phi) is 4.27. The van der Waals surface area contributed by atoms with Gasteiger partial charge in [0.15, 0.2) is 5.82 Å². The number of carbonyl (C=O) groups excluding carboxylic acids is 1. The number of aromatic nitrogens is 3. The Morgan fingerprint density at radius 2 is 2.28 bits per heavy atom. The molecule has 0 aromatic carbocycles. The van der Waals surface area contributed by atoms with Crippen molar-refractivity contribution < 1.29 is 14.6 Å². The van der Waals surface area contributed by atoms with Crippen LogP contribution < -0.4 is 0 Å². The molecule has 1 saturated carbocycles. The van der Waals surface area contributed by atoms with Crippen LogP contribution in [0.15, 0.2) is 30.6 Å². The van der Waals surface area contributed by atoms with Gasteiger partial charge < -0.3 is 14.7 Å². The molecular formula is C18H22N4O3. The van der Waals surface area contributed by atoms with Crippen LogP contribution in [0.4, 0.5) is 0 Å². The van der Waals surface area contributed by atoms with E-state index in [1.165, 1.54) is 0 Å². The Morgan fingerprint density at radius 3 is 3.04 bits per heavy atom. The van der Waals surface area contributed by atoms with Crippen LogP contribution in [0, 0.1) is 12.8 Å². The Labute approximate surface area is 146 Å². The minimum Gasteiger partial charge on any atom is -0.396 e. The summed E-state index contributed by atoms with van der Waals surface area (Å²) in [5, 5.41) is 13.8. The number of amides is 1. The molecule has 1 N–H and O–H groups in total. The maximum Gasteiger partial charge on any atom is 0.257 e. The lowest BCUT2D eigenvalue weighted by atomic mass is 10.1. The molecular weight excluding hydrogens is 320 g/mol. The van der Waals surface area contributed by atoms with Gasteiger partial charge in [-0.25, -0.2) is 9.67 Å². The van der Waals surface area contributed by atoms with Crippen molar-refractivity contribution in [1.29, 1.82) is 0 Å². The number of hydrogen-bond acceptors (Lipinski definition) is 5. The number of aliphatic hydroxyl groups is 1. The predicted molar refractivity (Wildman–Crippen MR) is 90.5 cm³/mol. The Hall–Kier alpha value is -2.25. The Balaban J connectivity index is 1.60. The summed E-state index contributed by atoms with van der Waals surface area (Å²) in [5.74, 6) is 0.887. The van der Waals surface area contributed by atoms with E-state index in [1.807, 2.05) is 30.0 Å². The van der Waals surface area contributed by atoms with Gasteiger partial charge in [0.2, 0.25) is 0 Å². The zero-order chi connectivity index (χ0) is 17.4. The van der Waals surface area contributed by atoms with Crippen LogP contribution in [0.25, 0.3) is 5.82 Å². The fraction of sp³-hybridized carbons (Fsp3) is 0.500. The molecule has 2 fully saturated rings. The summed E-state index contributed by atoms with van der Waals surface area (Å²) in [5.41, 5.74) is 1.38. The lowest BCUT2D eigenvalue weighted by Gasteiger charge is -2.37. The number of morpholine rings is 1. The van der Waals surface area contributed by atoms with Crippen LogP contribution in [0.3, 0.4) is 0 Å². The van der Waals surface area contributed by atoms with Crippen LogP contribution >= 0.6 is 0 Å². The second-order valence-electron chi connectivity index (χ2n) is 6.74. The molecule has 1 amide bonds. The highest BCUT2D eigenvalue weighted by Crippen LogP contribution is 2.34. The zero-order valence-corrected chi connectivity index (χ0v) is 14.2. The van der Waals surface area contributed by atoms with Crippen molar-refractivity contribution in [3.05, 3.63) is 41.9 Å². The number of pyridine rings is 1. The van der Waals surface area contributed by atoms with Gasteiger partial charge in [0.05, 0.1) is 36.2 Å². The van der Waals surface area contributed by atoms with E-state index < -0.39 is 0 Å². The third kappa shape index (κ3) is 2.83. The second-order valence-corrected chi connectivity index (χ2v) is 6.74. The topological polar surface area (TPSA) is 80.5 Å². The monoisotopic (exact) mass is 342 g/mol. The molecule has 0 spiro atoms. The SMILES string of the molecule is Cc1c(C(=O)N2CCOC3C[C@H](CO)C[C@@H]32)cnn1-c1ccccn1. The van der Waals surface area contributed by atoms with E-state index in [-0.39, 0.29) is 30.6 Å². The Morgan fingerprint density at radius 1 is 1.40 bits per heavy atom. The van der Waals surface area contributed by atoms with Gasteiger partial charge in [0.1, 0.15) is 0 Å². The van der Waals surface area contributed by atoms with E-state index in [0.717, 1.165) is 18.5 Å². The first-order valence-electron chi connectivity index (χ1n) is 8.68. The normalized spacial score (nSPS) is 25.8. The van der Waals surface area contributed by atoms with Gasteiger partial charge in [-0.05, 0) is 37.8 Å². The Bertz CT molecular complexity index is 761. The molecule has 7 nitrogen and oxygen atoms in total. The molecule has 1 saturated heterocycles. The quantitative estimate of drug-likeness (QED) is 0.906. The van der Waals surface area contributed by atoms with Gasteiger partial charge in [-0.1, -0.05) is 6.07 Å². The number of rotatable bonds is 3. The van der Waals surface area contributed by atoms with E-state index >= 15 is 0 Å². The maximum atomic E-state index is 13.1. The minimum atomic E-state index is -0.0171. The van der Waals surface area contributed by atoms with Gasteiger partial charge in [-0.3, -0.25) is 4.79 Å². The van der Waals surface area contributed by atoms with Gasteiger partial charge in [0, 0.05) is 19.3 Å². The van der Waals surface area contributed by atoms with E-state index in [0.29, 0.717) is 24.5 Å². The highest BCUT2D eigenvalue weighted by Gasteiger charge is 2.43. The zero-order valence-electron chi connectivity index (χ0n) is 14.2. The third-order valence-electron chi connectivity index (χ3n) is 5.26. The number of nitrogens with zero attached hydrogens (tertiary/aromatic N) is 4. The van der Waals surface area contributed by atoms with E-state index in [1.54, 1.807) is 17.1 Å². The fourth-order valence-corrected chi connectivity index (χ4v) is 3.94. The molecule has 132 valence electrons. The molecule has 1 aliphatic carbocycles. The number of fused-ring (bicyclic) bond motifs is 1. The fourth-order valence-electron chi connectivity index (χ4n) is 3.94. The van der Waals surface area contributed by atoms with E-state index in [9.17, 15) is 9.90 Å². The molecule has 0 radical (unpaired) electrons. The largest absolute Gasteiger partial charge is 0.396 e. The summed E-state index contributed by atoms with van der Waals surface area (Å²) in [7, 11) is 0. The maximum absolute atomic E-state index is 13.1. The van der Waals surface area contributed by atoms with Gasteiger partial charge in [0.25, 0.3) is 5.91 Å². The molecule has 7 heteroatoms. The smallest absolute Gasteiger partial charge is 0.257 e. The predicted octanol–water partition coefficient (Wildman–Crippen LogP) is 1.19. The number of aliphatic hydroxyl groups excluding tert-OH is 1. The van der Waals surface area contributed by atoms with Gasteiger partial charge in [-0.15, -0.1) is 0 Å². The van der Waals surface area contributed by atoms with Crippen molar-refractivity contribution in [2.24, 2.45) is 5.92 Å². The third-order valence-corrected chi connectivity index (χ3v) is 5.26. The first-order valence-corrected chi connectivity index (χ1v) is 8.68. The van der Waals surface area contributed by atoms with Crippen LogP contribution in [0.1, 0.15) is 28.9 Å². The average molecular weight is 342 g/mol. The van der Waals surface area contributed by atoms with Crippen LogP contribution in [-0.2, 0) is 4.74 Å². The number of carbonyl (C=O) groups is 1. The highest BCUT2D eigenvalue weighted by atomic mass is 16.5. The van der Waals surface area contributed by atoms with E-state index in [2.05, 4.69) is 10.1 Å². The van der Waals surface area contributed by atoms with Crippen molar-refractivity contribution in [1.82, 2.24) is 19.7 Å². The van der Waals surface area contributed by atoms with Crippen molar-refractivity contribution in [3.8, 4) is 5.82 Å². The summed E-state index contributed by atoms with van der Waals surface area (Å²) in [6.45, 7) is 3.15. The lowest BCUT2D eigenvalue weighted by Crippen LogP contribution is -2.51. The van der Waals surface area contributed by atoms with Crippen molar-refractivity contribution >= 4 is 5.91 Å². The summed E-state index contributed by atoms with van der Waals surface area (Å²) in [6.07, 6.45) is 4.96. The summed E-state index contributed by atoms with van der Waals surface area (Å²) in [4.78, 5) is 19.3. The first-order chi connectivity index (χ1) is 12.2. The lowest BCUT2D eigenvalue weighted by molar-refractivity contribution is -0.0449. The summed E-state index contributed by atoms with van der Waals surface area (Å²) < 4.78 is 7.51. The van der Waals surface area contributed by atoms with Crippen molar-refractivity contribution in [3.63, 3.8) is 0 Å². The molecule has 3 atom stereocenters. The van der Waals surface area contributed by atoms with Crippen molar-refractivity contribution in [2.45, 2.75) is 31.9 Å². The van der Waals surface area contributed by atoms with Crippen molar-refractivity contribution in [2.75, 3.05) is 19.8 Å². The number of ether oxygens (including phenoxy) is 1. The minimum absolute atomic E-state index is 0.0171. The molecule has 4 rings (SSSR count). The second kappa shape index (κ2) is 6.57. The molecule has 1 unspecified atom stereocenters. The summed E-state index contributed by atoms with van der Waals surface area (Å²) >= 11 is 0. The standard InChI is InChI=1S/C18H22N4O3/c1-12-14(10-20-22(12)17-4-2-3-5-19-17)18(24)21-6-7-25-16-9-13(11-23)8-15(16)21/h2-5,10,13,15-16,23H,6-9,11H2,1H3/t13-,15+,16?/m1/s1. The van der Waals surface area contributed by atoms with Gasteiger partial charge in [-0.2, -0.15) is 5.10 Å². The van der Waals surface area contributed by atoms with Crippen LogP contribution in [0.2, 0.25) is 0 Å². The molecule has 1 aliphatic heterocycles. The number of hydrogen-bond donors (Lipinski definition) is 1. The van der Waals surface area contributed by atoms with Gasteiger partial charge >= 0.3 is 0 Å². The summed E-state index contributed by atoms with van der Waals surface area (Å²) in [6, 6.07) is 5.64. The molecule has 0 bridgehead atoms. The van der Waals surface area contributed by atoms with Crippen LogP contribution in [0.5, 0.6) is 0 Å². The molecule has 2 aromatic heterocycles.